The number of benzene rings is 1. The maximum Gasteiger partial charge on any atom is 0.229 e. The van der Waals surface area contributed by atoms with Crippen molar-refractivity contribution in [2.75, 3.05) is 49.6 Å². The highest BCUT2D eigenvalue weighted by Gasteiger charge is 2.46. The van der Waals surface area contributed by atoms with E-state index in [-0.39, 0.29) is 24.3 Å². The van der Waals surface area contributed by atoms with Gasteiger partial charge in [0, 0.05) is 62.8 Å². The van der Waals surface area contributed by atoms with Crippen LogP contribution in [-0.4, -0.2) is 76.7 Å². The minimum Gasteiger partial charge on any atom is -0.376 e. The molecule has 0 spiro atoms. The lowest BCUT2D eigenvalue weighted by Gasteiger charge is -2.44. The van der Waals surface area contributed by atoms with Crippen LogP contribution in [0.15, 0.2) is 36.7 Å². The summed E-state index contributed by atoms with van der Waals surface area (Å²) in [6.45, 7) is 5.53. The van der Waals surface area contributed by atoms with Crippen LogP contribution in [0.5, 0.6) is 0 Å². The van der Waals surface area contributed by atoms with Crippen LogP contribution in [-0.2, 0) is 16.6 Å². The van der Waals surface area contributed by atoms with Crippen LogP contribution < -0.4 is 10.2 Å². The molecule has 1 saturated carbocycles. The first-order valence-corrected chi connectivity index (χ1v) is 12.8. The number of carbonyl (C=O) groups excluding carboxylic acids is 1. The number of amides is 1. The molecule has 1 aromatic carbocycles. The zero-order valence-electron chi connectivity index (χ0n) is 20.5. The van der Waals surface area contributed by atoms with Gasteiger partial charge in [0.25, 0.3) is 0 Å². The summed E-state index contributed by atoms with van der Waals surface area (Å²) >= 11 is 6.66. The molecule has 3 aromatic rings. The average molecular weight is 513 g/mol. The molecule has 36 heavy (non-hydrogen) atoms. The van der Waals surface area contributed by atoms with E-state index >= 15 is 0 Å². The smallest absolute Gasteiger partial charge is 0.229 e. The van der Waals surface area contributed by atoms with E-state index in [9.17, 15) is 9.18 Å². The third kappa shape index (κ3) is 4.23. The van der Waals surface area contributed by atoms with Crippen LogP contribution in [0.3, 0.4) is 0 Å². The maximum absolute atomic E-state index is 14.5. The van der Waals surface area contributed by atoms with Gasteiger partial charge in [0.1, 0.15) is 12.0 Å². The summed E-state index contributed by atoms with van der Waals surface area (Å²) in [5.74, 6) is 0.589. The van der Waals surface area contributed by atoms with Crippen LogP contribution in [0.1, 0.15) is 25.0 Å². The highest BCUT2D eigenvalue weighted by molar-refractivity contribution is 6.34. The van der Waals surface area contributed by atoms with Crippen molar-refractivity contribution in [3.05, 3.63) is 47.4 Å². The number of hydrogen-bond donors (Lipinski definition) is 1. The van der Waals surface area contributed by atoms with Crippen LogP contribution in [0.25, 0.3) is 10.8 Å². The van der Waals surface area contributed by atoms with Gasteiger partial charge < -0.3 is 15.0 Å². The third-order valence-corrected chi connectivity index (χ3v) is 8.26. The lowest BCUT2D eigenvalue weighted by atomic mass is 9.96. The second kappa shape index (κ2) is 8.97. The van der Waals surface area contributed by atoms with Crippen molar-refractivity contribution in [3.63, 3.8) is 0 Å². The number of nitrogens with one attached hydrogen (secondary N) is 1. The number of carbonyl (C=O) groups is 1. The summed E-state index contributed by atoms with van der Waals surface area (Å²) in [5, 5.41) is 9.93. The Hall–Kier alpha value is -2.75. The number of aryl methyl sites for hydroxylation is 1. The number of nitrogens with zero attached hydrogens (tertiary/aromatic N) is 5. The number of piperazine rings is 1. The van der Waals surface area contributed by atoms with Gasteiger partial charge in [0.05, 0.1) is 35.2 Å². The van der Waals surface area contributed by atoms with Gasteiger partial charge >= 0.3 is 0 Å². The largest absolute Gasteiger partial charge is 0.376 e. The fourth-order valence-corrected chi connectivity index (χ4v) is 5.80. The number of pyridine rings is 1. The Morgan fingerprint density at radius 1 is 1.22 bits per heavy atom. The standard InChI is InChI=1S/C26H30ClFN6O2/c1-26(15-36-14-23(26)28)34-7-5-33(6-8-34)22-10-16-11-24(29-13-17(16)9-20(22)27)30-25(35)19-12-18(19)21-3-4-32(2)31-21/h3-4,9-11,13,18-19,23H,5-8,12,14-15H2,1-2H3,(H,29,30,35)/t18?,19?,23-,26+/m1/s1. The van der Waals surface area contributed by atoms with Crippen molar-refractivity contribution in [2.24, 2.45) is 13.0 Å². The van der Waals surface area contributed by atoms with Crippen LogP contribution in [0.4, 0.5) is 15.9 Å². The Morgan fingerprint density at radius 2 is 2.03 bits per heavy atom. The molecule has 4 heterocycles. The van der Waals surface area contributed by atoms with E-state index in [1.807, 2.05) is 38.4 Å². The Kier molecular flexibility index (Phi) is 5.89. The zero-order chi connectivity index (χ0) is 25.0. The van der Waals surface area contributed by atoms with E-state index in [2.05, 4.69) is 31.3 Å². The van der Waals surface area contributed by atoms with Gasteiger partial charge in [-0.3, -0.25) is 14.4 Å². The maximum atomic E-state index is 14.5. The normalized spacial score (nSPS) is 28.6. The van der Waals surface area contributed by atoms with Gasteiger partial charge in [0.2, 0.25) is 5.91 Å². The first kappa shape index (κ1) is 23.6. The van der Waals surface area contributed by atoms with E-state index in [0.29, 0.717) is 17.4 Å². The van der Waals surface area contributed by atoms with Crippen LogP contribution >= 0.6 is 11.6 Å². The Morgan fingerprint density at radius 3 is 2.72 bits per heavy atom. The molecule has 3 fully saturated rings. The average Bonchev–Trinajstić information content (AvgIpc) is 3.44. The van der Waals surface area contributed by atoms with Gasteiger partial charge in [-0.1, -0.05) is 11.6 Å². The van der Waals surface area contributed by atoms with Gasteiger partial charge in [-0.05, 0) is 43.0 Å². The third-order valence-electron chi connectivity index (χ3n) is 7.96. The highest BCUT2D eigenvalue weighted by Crippen LogP contribution is 2.47. The molecule has 1 amide bonds. The van der Waals surface area contributed by atoms with Crippen molar-refractivity contribution in [2.45, 2.75) is 31.0 Å². The summed E-state index contributed by atoms with van der Waals surface area (Å²) in [4.78, 5) is 21.7. The van der Waals surface area contributed by atoms with Gasteiger partial charge in [-0.2, -0.15) is 5.10 Å². The number of halogens is 2. The summed E-state index contributed by atoms with van der Waals surface area (Å²) in [5.41, 5.74) is 1.34. The number of hydrogen-bond acceptors (Lipinski definition) is 6. The second-order valence-corrected chi connectivity index (χ2v) is 10.8. The monoisotopic (exact) mass is 512 g/mol. The van der Waals surface area contributed by atoms with Crippen molar-refractivity contribution >= 4 is 39.8 Å². The number of anilines is 2. The molecule has 1 N–H and O–H groups in total. The molecule has 6 rings (SSSR count). The Balaban J connectivity index is 1.15. The lowest BCUT2D eigenvalue weighted by molar-refractivity contribution is -0.117. The number of alkyl halides is 1. The molecule has 8 nitrogen and oxygen atoms in total. The van der Waals surface area contributed by atoms with E-state index in [1.54, 1.807) is 10.9 Å². The molecule has 2 aliphatic heterocycles. The topological polar surface area (TPSA) is 75.5 Å². The molecule has 4 atom stereocenters. The van der Waals surface area contributed by atoms with Gasteiger partial charge in [-0.15, -0.1) is 0 Å². The number of fused-ring (bicyclic) bond motifs is 1. The Bertz CT molecular complexity index is 1310. The van der Waals surface area contributed by atoms with Crippen molar-refractivity contribution in [1.29, 1.82) is 0 Å². The number of rotatable bonds is 5. The van der Waals surface area contributed by atoms with E-state index in [4.69, 9.17) is 16.3 Å². The molecule has 2 unspecified atom stereocenters. The minimum atomic E-state index is -0.968. The quantitative estimate of drug-likeness (QED) is 0.563. The fraction of sp³-hybridized carbons (Fsp3) is 0.500. The molecule has 190 valence electrons. The molecule has 2 aromatic heterocycles. The van der Waals surface area contributed by atoms with Gasteiger partial charge in [0.15, 0.2) is 0 Å². The second-order valence-electron chi connectivity index (χ2n) is 10.4. The molecule has 0 bridgehead atoms. The minimum absolute atomic E-state index is 0.0293. The molecule has 3 aliphatic rings. The SMILES string of the molecule is Cn1ccc(C2CC2C(=O)Nc2cc3cc(N4CCN([C@@]5(C)COC[C@H]5F)CC4)c(Cl)cc3cn2)n1. The van der Waals surface area contributed by atoms with Crippen molar-refractivity contribution < 1.29 is 13.9 Å². The number of ether oxygens (including phenoxy) is 1. The first-order chi connectivity index (χ1) is 17.3. The molecule has 2 saturated heterocycles. The van der Waals surface area contributed by atoms with E-state index in [1.165, 1.54) is 0 Å². The van der Waals surface area contributed by atoms with Gasteiger partial charge in [-0.25, -0.2) is 9.37 Å². The summed E-state index contributed by atoms with van der Waals surface area (Å²) in [6, 6.07) is 7.83. The molecule has 0 radical (unpaired) electrons. The predicted molar refractivity (Wildman–Crippen MR) is 137 cm³/mol. The zero-order valence-corrected chi connectivity index (χ0v) is 21.2. The van der Waals surface area contributed by atoms with Crippen molar-refractivity contribution in [1.82, 2.24) is 19.7 Å². The summed E-state index contributed by atoms with van der Waals surface area (Å²) in [7, 11) is 1.88. The summed E-state index contributed by atoms with van der Waals surface area (Å²) in [6.07, 6.45) is 3.47. The molecular formula is C26H30ClFN6O2. The summed E-state index contributed by atoms with van der Waals surface area (Å²) < 4.78 is 21.6. The lowest BCUT2D eigenvalue weighted by Crippen LogP contribution is -2.59. The first-order valence-electron chi connectivity index (χ1n) is 12.4. The van der Waals surface area contributed by atoms with Crippen LogP contribution in [0.2, 0.25) is 5.02 Å². The predicted octanol–water partition coefficient (Wildman–Crippen LogP) is 3.61. The number of aromatic nitrogens is 3. The van der Waals surface area contributed by atoms with E-state index < -0.39 is 11.7 Å². The van der Waals surface area contributed by atoms with Crippen molar-refractivity contribution in [3.8, 4) is 0 Å². The van der Waals surface area contributed by atoms with E-state index in [0.717, 1.165) is 54.8 Å². The molecular weight excluding hydrogens is 483 g/mol. The molecule has 1 aliphatic carbocycles. The fourth-order valence-electron chi connectivity index (χ4n) is 5.51. The van der Waals surface area contributed by atoms with Crippen LogP contribution in [0, 0.1) is 5.92 Å². The molecule has 10 heteroatoms. The highest BCUT2D eigenvalue weighted by atomic mass is 35.5. The Labute approximate surface area is 214 Å².